The molecule has 1 aliphatic heterocycles. The maximum atomic E-state index is 12.7. The van der Waals surface area contributed by atoms with Crippen LogP contribution in [0.1, 0.15) is 33.2 Å². The number of benzene rings is 2. The van der Waals surface area contributed by atoms with E-state index in [1.54, 1.807) is 42.5 Å². The monoisotopic (exact) mass is 390 g/mol. The fourth-order valence-electron chi connectivity index (χ4n) is 2.99. The minimum atomic E-state index is -1.34. The Morgan fingerprint density at radius 1 is 1.00 bits per heavy atom. The van der Waals surface area contributed by atoms with Crippen molar-refractivity contribution in [2.75, 3.05) is 0 Å². The molecule has 0 saturated heterocycles. The van der Waals surface area contributed by atoms with Gasteiger partial charge in [-0.2, -0.15) is 0 Å². The summed E-state index contributed by atoms with van der Waals surface area (Å²) in [6.07, 6.45) is 0.845. The summed E-state index contributed by atoms with van der Waals surface area (Å²) in [5.74, 6) is -3.49. The van der Waals surface area contributed by atoms with E-state index in [4.69, 9.17) is 0 Å². The Kier molecular flexibility index (Phi) is 5.23. The summed E-state index contributed by atoms with van der Waals surface area (Å²) in [7, 11) is 0. The standard InChI is InChI=1S/C21H15N3O5/c1-12(24-20(28)14-9-5-6-10-15(14)21(24)29)19(27)18(23-22)17(26)11-16(25)13-7-3-2-4-8-13/h2-12H,1H3,(H-,25,26,27)/p+1/t12-/m0/s1. The molecule has 1 aliphatic rings. The van der Waals surface area contributed by atoms with Crippen molar-refractivity contribution in [3.8, 4) is 0 Å². The lowest BCUT2D eigenvalue weighted by molar-refractivity contribution is -0.118. The summed E-state index contributed by atoms with van der Waals surface area (Å²) in [4.78, 5) is 41.3. The van der Waals surface area contributed by atoms with Crippen molar-refractivity contribution >= 4 is 23.4 Å². The first kappa shape index (κ1) is 19.5. The third-order valence-corrected chi connectivity index (χ3v) is 4.51. The molecule has 3 rings (SSSR count). The highest BCUT2D eigenvalue weighted by atomic mass is 16.3. The molecule has 2 aromatic carbocycles. The van der Waals surface area contributed by atoms with Gasteiger partial charge in [-0.3, -0.25) is 19.3 Å². The fraction of sp³-hybridized carbons (Fsp3) is 0.0952. The van der Waals surface area contributed by atoms with Gasteiger partial charge in [0.05, 0.1) is 11.1 Å². The zero-order valence-electron chi connectivity index (χ0n) is 15.3. The van der Waals surface area contributed by atoms with Gasteiger partial charge < -0.3 is 10.2 Å². The van der Waals surface area contributed by atoms with Crippen molar-refractivity contribution in [1.82, 2.24) is 4.90 Å². The number of fused-ring (bicyclic) bond motifs is 1. The second-order valence-corrected chi connectivity index (χ2v) is 6.30. The number of hydrogen-bond acceptors (Lipinski definition) is 6. The van der Waals surface area contributed by atoms with Gasteiger partial charge in [-0.05, 0) is 19.1 Å². The van der Waals surface area contributed by atoms with Crippen molar-refractivity contribution < 1.29 is 24.6 Å². The van der Waals surface area contributed by atoms with E-state index in [1.807, 2.05) is 0 Å². The molecule has 1 atom stereocenters. The first-order valence-electron chi connectivity index (χ1n) is 8.62. The molecule has 0 unspecified atom stereocenters. The van der Waals surface area contributed by atoms with Gasteiger partial charge >= 0.3 is 5.70 Å². The molecule has 0 bridgehead atoms. The number of nitrogens with zero attached hydrogens (tertiary/aromatic N) is 3. The molecule has 0 radical (unpaired) electrons. The summed E-state index contributed by atoms with van der Waals surface area (Å²) in [6, 6.07) is 13.0. The van der Waals surface area contributed by atoms with Crippen molar-refractivity contribution in [3.63, 3.8) is 0 Å². The number of amides is 2. The van der Waals surface area contributed by atoms with Gasteiger partial charge in [0.15, 0.2) is 4.98 Å². The van der Waals surface area contributed by atoms with Crippen LogP contribution in [0.2, 0.25) is 0 Å². The molecule has 144 valence electrons. The SMILES string of the molecule is C[C@@H](C(=O)C([N+]#N)=C(O)/C=C(\O)c1ccccc1)N1C(=O)c2ccccc2C1=O. The van der Waals surface area contributed by atoms with E-state index in [2.05, 4.69) is 4.98 Å². The Hall–Kier alpha value is -4.25. The molecule has 0 spiro atoms. The molecule has 0 aromatic heterocycles. The molecule has 1 heterocycles. The third kappa shape index (κ3) is 3.49. The molecule has 0 saturated carbocycles. The number of aliphatic hydroxyl groups excluding tert-OH is 2. The van der Waals surface area contributed by atoms with Gasteiger partial charge in [0.25, 0.3) is 17.6 Å². The van der Waals surface area contributed by atoms with E-state index in [9.17, 15) is 30.0 Å². The summed E-state index contributed by atoms with van der Waals surface area (Å²) < 4.78 is 0. The van der Waals surface area contributed by atoms with E-state index < -0.39 is 35.1 Å². The van der Waals surface area contributed by atoms with E-state index in [-0.39, 0.29) is 16.9 Å². The third-order valence-electron chi connectivity index (χ3n) is 4.51. The topological polar surface area (TPSA) is 123 Å². The Morgan fingerprint density at radius 2 is 1.52 bits per heavy atom. The van der Waals surface area contributed by atoms with Crippen LogP contribution >= 0.6 is 0 Å². The largest absolute Gasteiger partial charge is 0.507 e. The average molecular weight is 390 g/mol. The maximum Gasteiger partial charge on any atom is 0.470 e. The van der Waals surface area contributed by atoms with Crippen LogP contribution < -0.4 is 0 Å². The Labute approximate surface area is 165 Å². The van der Waals surface area contributed by atoms with Gasteiger partial charge in [-0.25, -0.2) is 0 Å². The smallest absolute Gasteiger partial charge is 0.470 e. The molecule has 0 fully saturated rings. The predicted molar refractivity (Wildman–Crippen MR) is 103 cm³/mol. The van der Waals surface area contributed by atoms with Gasteiger partial charge in [-0.15, -0.1) is 0 Å². The lowest BCUT2D eigenvalue weighted by Gasteiger charge is -2.18. The first-order chi connectivity index (χ1) is 13.9. The van der Waals surface area contributed by atoms with Crippen LogP contribution in [0, 0.1) is 5.39 Å². The average Bonchev–Trinajstić information content (AvgIpc) is 2.99. The summed E-state index contributed by atoms with van der Waals surface area (Å²) in [5.41, 5.74) is -0.113. The summed E-state index contributed by atoms with van der Waals surface area (Å²) in [5, 5.41) is 29.5. The minimum absolute atomic E-state index is 0.162. The van der Waals surface area contributed by atoms with Gasteiger partial charge in [0.2, 0.25) is 11.2 Å². The van der Waals surface area contributed by atoms with E-state index >= 15 is 0 Å². The quantitative estimate of drug-likeness (QED) is 0.265. The molecule has 8 nitrogen and oxygen atoms in total. The van der Waals surface area contributed by atoms with Crippen LogP contribution in [0.15, 0.2) is 72.1 Å². The van der Waals surface area contributed by atoms with Crippen LogP contribution in [-0.2, 0) is 4.79 Å². The molecule has 8 heteroatoms. The number of ketones is 1. The normalized spacial score (nSPS) is 15.4. The summed E-state index contributed by atoms with van der Waals surface area (Å²) in [6.45, 7) is 1.28. The van der Waals surface area contributed by atoms with Crippen LogP contribution in [0.3, 0.4) is 0 Å². The van der Waals surface area contributed by atoms with Crippen molar-refractivity contribution in [2.45, 2.75) is 13.0 Å². The Morgan fingerprint density at radius 3 is 2.03 bits per heavy atom. The number of aliphatic hydroxyl groups is 2. The van der Waals surface area contributed by atoms with Crippen molar-refractivity contribution in [1.29, 1.82) is 5.39 Å². The maximum absolute atomic E-state index is 12.7. The molecular formula is C21H16N3O5+. The summed E-state index contributed by atoms with van der Waals surface area (Å²) >= 11 is 0. The fourth-order valence-corrected chi connectivity index (χ4v) is 2.99. The van der Waals surface area contributed by atoms with Gasteiger partial charge in [-0.1, -0.05) is 42.5 Å². The van der Waals surface area contributed by atoms with Crippen LogP contribution in [0.25, 0.3) is 10.7 Å². The number of imide groups is 1. The van der Waals surface area contributed by atoms with Crippen LogP contribution in [-0.4, -0.2) is 38.8 Å². The van der Waals surface area contributed by atoms with E-state index in [0.717, 1.165) is 11.0 Å². The number of hydrogen-bond donors (Lipinski definition) is 2. The second-order valence-electron chi connectivity index (χ2n) is 6.30. The highest BCUT2D eigenvalue weighted by molar-refractivity contribution is 6.23. The number of carbonyl (C=O) groups is 3. The number of diazo groups is 1. The van der Waals surface area contributed by atoms with Gasteiger partial charge in [0.1, 0.15) is 11.8 Å². The van der Waals surface area contributed by atoms with Crippen molar-refractivity contribution in [3.05, 3.63) is 93.8 Å². The highest BCUT2D eigenvalue weighted by Gasteiger charge is 2.44. The number of carbonyl (C=O) groups excluding carboxylic acids is 3. The Balaban J connectivity index is 1.92. The minimum Gasteiger partial charge on any atom is -0.507 e. The Bertz CT molecular complexity index is 1080. The molecule has 0 aliphatic carbocycles. The van der Waals surface area contributed by atoms with E-state index in [1.165, 1.54) is 19.1 Å². The van der Waals surface area contributed by atoms with Crippen LogP contribution in [0.4, 0.5) is 0 Å². The van der Waals surface area contributed by atoms with Crippen molar-refractivity contribution in [2.24, 2.45) is 0 Å². The van der Waals surface area contributed by atoms with E-state index in [0.29, 0.717) is 5.56 Å². The molecule has 2 aromatic rings. The first-order valence-corrected chi connectivity index (χ1v) is 8.62. The number of Topliss-reactive ketones (excluding diaryl/α,β-unsaturated/α-hetero) is 1. The molecule has 2 amide bonds. The zero-order valence-corrected chi connectivity index (χ0v) is 15.3. The molecule has 2 N–H and O–H groups in total. The predicted octanol–water partition coefficient (Wildman–Crippen LogP) is 3.46. The second kappa shape index (κ2) is 7.78. The lowest BCUT2D eigenvalue weighted by atomic mass is 10.1. The highest BCUT2D eigenvalue weighted by Crippen LogP contribution is 2.26. The van der Waals surface area contributed by atoms with Crippen LogP contribution in [0.5, 0.6) is 0 Å². The molecule has 29 heavy (non-hydrogen) atoms. The zero-order chi connectivity index (χ0) is 21.1. The lowest BCUT2D eigenvalue weighted by Crippen LogP contribution is -2.43. The molecular weight excluding hydrogens is 374 g/mol. The number of rotatable bonds is 5. The number of allylic oxidation sites excluding steroid dienone is 1. The van der Waals surface area contributed by atoms with Gasteiger partial charge in [0, 0.05) is 11.6 Å².